The Kier molecular flexibility index (Phi) is 7.18. The summed E-state index contributed by atoms with van der Waals surface area (Å²) in [5.41, 5.74) is 4.09. The van der Waals surface area contributed by atoms with Gasteiger partial charge in [-0.2, -0.15) is 0 Å². The highest BCUT2D eigenvalue weighted by Crippen LogP contribution is 2.44. The molecule has 0 radical (unpaired) electrons. The summed E-state index contributed by atoms with van der Waals surface area (Å²) in [5, 5.41) is 27.9. The molecule has 3 aromatic rings. The van der Waals surface area contributed by atoms with Crippen molar-refractivity contribution in [3.63, 3.8) is 0 Å². The number of hydrogen-bond acceptors (Lipinski definition) is 6. The molecular weight excluding hydrogens is 475 g/mol. The van der Waals surface area contributed by atoms with Gasteiger partial charge in [0.15, 0.2) is 0 Å². The van der Waals surface area contributed by atoms with Crippen LogP contribution in [0, 0.1) is 5.82 Å². The van der Waals surface area contributed by atoms with Gasteiger partial charge in [-0.3, -0.25) is 0 Å². The molecule has 0 aliphatic heterocycles. The highest BCUT2D eigenvalue weighted by molar-refractivity contribution is 7.89. The van der Waals surface area contributed by atoms with Crippen LogP contribution in [0.5, 0.6) is 0 Å². The Morgan fingerprint density at radius 2 is 1.63 bits per heavy atom. The number of ether oxygens (including phenoxy) is 1. The first-order valence-corrected chi connectivity index (χ1v) is 12.5. The van der Waals surface area contributed by atoms with Crippen LogP contribution >= 0.6 is 0 Å². The van der Waals surface area contributed by atoms with E-state index >= 15 is 0 Å². The Balaban J connectivity index is 1.29. The number of aliphatic hydroxyl groups is 2. The first kappa shape index (κ1) is 24.8. The van der Waals surface area contributed by atoms with Gasteiger partial charge >= 0.3 is 6.09 Å². The first-order valence-electron chi connectivity index (χ1n) is 10.9. The number of hydrogen-bond donors (Lipinski definition) is 4. The van der Waals surface area contributed by atoms with Gasteiger partial charge in [-0.05, 0) is 40.8 Å². The summed E-state index contributed by atoms with van der Waals surface area (Å²) < 4.78 is 42.3. The summed E-state index contributed by atoms with van der Waals surface area (Å²) in [6.45, 7) is 0.0957. The third-order valence-electron chi connectivity index (χ3n) is 6.04. The van der Waals surface area contributed by atoms with Crippen LogP contribution in [0.1, 0.15) is 35.1 Å². The molecule has 0 spiro atoms. The molecule has 1 aliphatic carbocycles. The van der Waals surface area contributed by atoms with E-state index in [0.717, 1.165) is 34.4 Å². The smallest absolute Gasteiger partial charge is 0.407 e. The quantitative estimate of drug-likeness (QED) is 0.375. The Morgan fingerprint density at radius 1 is 1.03 bits per heavy atom. The number of nitrogens with two attached hydrogens (primary N) is 1. The second kappa shape index (κ2) is 10.1. The van der Waals surface area contributed by atoms with E-state index in [2.05, 4.69) is 5.32 Å². The van der Waals surface area contributed by atoms with Crippen LogP contribution in [0.3, 0.4) is 0 Å². The number of amides is 1. The van der Waals surface area contributed by atoms with Crippen molar-refractivity contribution in [2.75, 3.05) is 13.2 Å². The topological polar surface area (TPSA) is 139 Å². The summed E-state index contributed by atoms with van der Waals surface area (Å²) in [6.07, 6.45) is -3.83. The lowest BCUT2D eigenvalue weighted by Gasteiger charge is -2.19. The van der Waals surface area contributed by atoms with Gasteiger partial charge in [-0.25, -0.2) is 22.7 Å². The van der Waals surface area contributed by atoms with Gasteiger partial charge in [-0.1, -0.05) is 54.6 Å². The number of fused-ring (bicyclic) bond motifs is 3. The van der Waals surface area contributed by atoms with Crippen molar-refractivity contribution in [3.8, 4) is 11.1 Å². The van der Waals surface area contributed by atoms with E-state index in [1.165, 1.54) is 0 Å². The maximum absolute atomic E-state index is 14.2. The number of alkyl carbamates (subject to hydrolysis) is 1. The fraction of sp³-hybridized carbons (Fsp3) is 0.240. The predicted octanol–water partition coefficient (Wildman–Crippen LogP) is 2.80. The number of sulfonamides is 1. The number of carbonyl (C=O) groups is 1. The molecule has 8 nitrogen and oxygen atoms in total. The predicted molar refractivity (Wildman–Crippen MR) is 126 cm³/mol. The number of carbonyl (C=O) groups excluding carboxylic acids is 1. The van der Waals surface area contributed by atoms with Crippen molar-refractivity contribution < 1.29 is 32.6 Å². The average Bonchev–Trinajstić information content (AvgIpc) is 3.15. The molecule has 4 rings (SSSR count). The maximum Gasteiger partial charge on any atom is 0.407 e. The Labute approximate surface area is 202 Å². The van der Waals surface area contributed by atoms with Crippen molar-refractivity contribution in [2.45, 2.75) is 29.4 Å². The molecule has 0 bridgehead atoms. The minimum Gasteiger partial charge on any atom is -0.449 e. The third-order valence-corrected chi connectivity index (χ3v) is 6.95. The molecule has 0 heterocycles. The monoisotopic (exact) mass is 500 g/mol. The van der Waals surface area contributed by atoms with Crippen LogP contribution < -0.4 is 10.5 Å². The minimum absolute atomic E-state index is 0.0359. The summed E-state index contributed by atoms with van der Waals surface area (Å²) in [6, 6.07) is 18.7. The lowest BCUT2D eigenvalue weighted by Crippen LogP contribution is -2.31. The zero-order valence-corrected chi connectivity index (χ0v) is 19.4. The van der Waals surface area contributed by atoms with Crippen molar-refractivity contribution in [1.29, 1.82) is 0 Å². The van der Waals surface area contributed by atoms with E-state index in [9.17, 15) is 27.8 Å². The van der Waals surface area contributed by atoms with E-state index in [1.54, 1.807) is 0 Å². The van der Waals surface area contributed by atoms with E-state index in [4.69, 9.17) is 9.88 Å². The number of benzene rings is 3. The van der Waals surface area contributed by atoms with Gasteiger partial charge in [-0.15, -0.1) is 0 Å². The zero-order chi connectivity index (χ0) is 25.2. The molecule has 5 N–H and O–H groups in total. The van der Waals surface area contributed by atoms with E-state index < -0.39 is 39.0 Å². The molecule has 0 saturated heterocycles. The van der Waals surface area contributed by atoms with Crippen LogP contribution in [0.25, 0.3) is 11.1 Å². The third kappa shape index (κ3) is 5.35. The number of halogens is 1. The van der Waals surface area contributed by atoms with Crippen molar-refractivity contribution >= 4 is 16.1 Å². The van der Waals surface area contributed by atoms with Crippen LogP contribution in [-0.4, -0.2) is 44.0 Å². The summed E-state index contributed by atoms with van der Waals surface area (Å²) >= 11 is 0. The van der Waals surface area contributed by atoms with Crippen molar-refractivity contribution in [2.24, 2.45) is 5.14 Å². The molecule has 3 aromatic carbocycles. The summed E-state index contributed by atoms with van der Waals surface area (Å²) in [5.74, 6) is -1.11. The van der Waals surface area contributed by atoms with Crippen LogP contribution in [0.4, 0.5) is 9.18 Å². The molecular formula is C25H25FN2O6S. The zero-order valence-electron chi connectivity index (χ0n) is 18.6. The van der Waals surface area contributed by atoms with Gasteiger partial charge in [0.2, 0.25) is 10.0 Å². The van der Waals surface area contributed by atoms with Gasteiger partial charge in [0, 0.05) is 18.0 Å². The van der Waals surface area contributed by atoms with Crippen molar-refractivity contribution in [1.82, 2.24) is 5.32 Å². The number of primary sulfonamides is 1. The van der Waals surface area contributed by atoms with Gasteiger partial charge < -0.3 is 20.3 Å². The number of aliphatic hydroxyl groups excluding tert-OH is 2. The highest BCUT2D eigenvalue weighted by Gasteiger charge is 2.29. The first-order chi connectivity index (χ1) is 16.7. The number of nitrogens with one attached hydrogen (secondary N) is 1. The summed E-state index contributed by atoms with van der Waals surface area (Å²) in [4.78, 5) is 11.8. The molecule has 2 atom stereocenters. The second-order valence-corrected chi connectivity index (χ2v) is 9.84. The van der Waals surface area contributed by atoms with Crippen molar-refractivity contribution in [3.05, 3.63) is 89.2 Å². The maximum atomic E-state index is 14.2. The molecule has 0 fully saturated rings. The Hall–Kier alpha value is -3.31. The minimum atomic E-state index is -4.10. The SMILES string of the molecule is NS(=O)(=O)c1ccc(C(O)C(O)CCNC(=O)OCC2c3ccccc3-c3ccccc32)c(F)c1. The van der Waals surface area contributed by atoms with E-state index in [1.807, 2.05) is 48.5 Å². The normalized spacial score (nSPS) is 14.6. The molecule has 0 saturated carbocycles. The molecule has 2 unspecified atom stereocenters. The molecule has 1 aliphatic rings. The average molecular weight is 501 g/mol. The molecule has 0 aromatic heterocycles. The second-order valence-electron chi connectivity index (χ2n) is 8.28. The van der Waals surface area contributed by atoms with E-state index in [-0.39, 0.29) is 31.1 Å². The molecule has 10 heteroatoms. The van der Waals surface area contributed by atoms with E-state index in [0.29, 0.717) is 6.07 Å². The lowest BCUT2D eigenvalue weighted by atomic mass is 9.98. The Bertz CT molecular complexity index is 1300. The largest absolute Gasteiger partial charge is 0.449 e. The molecule has 184 valence electrons. The molecule has 35 heavy (non-hydrogen) atoms. The van der Waals surface area contributed by atoms with Gasteiger partial charge in [0.05, 0.1) is 11.0 Å². The fourth-order valence-electron chi connectivity index (χ4n) is 4.26. The fourth-order valence-corrected chi connectivity index (χ4v) is 4.79. The van der Waals surface area contributed by atoms with Gasteiger partial charge in [0.25, 0.3) is 0 Å². The summed E-state index contributed by atoms with van der Waals surface area (Å²) in [7, 11) is -4.10. The Morgan fingerprint density at radius 3 is 2.20 bits per heavy atom. The number of rotatable bonds is 8. The van der Waals surface area contributed by atoms with Crippen LogP contribution in [0.15, 0.2) is 71.6 Å². The highest BCUT2D eigenvalue weighted by atomic mass is 32.2. The van der Waals surface area contributed by atoms with Crippen LogP contribution in [0.2, 0.25) is 0 Å². The van der Waals surface area contributed by atoms with Crippen LogP contribution in [-0.2, 0) is 14.8 Å². The molecule has 1 amide bonds. The standard InChI is InChI=1S/C25H25FN2O6S/c26-22-13-15(35(27,32)33)9-10-20(22)24(30)23(29)11-12-28-25(31)34-14-21-18-7-3-1-5-16(18)17-6-2-4-8-19(17)21/h1-10,13,21,23-24,29-30H,11-12,14H2,(H,28,31)(H2,27,32,33). The van der Waals surface area contributed by atoms with Gasteiger partial charge in [0.1, 0.15) is 18.5 Å². The lowest BCUT2D eigenvalue weighted by molar-refractivity contribution is 0.0116.